The van der Waals surface area contributed by atoms with E-state index >= 15 is 0 Å². The van der Waals surface area contributed by atoms with Crippen molar-refractivity contribution >= 4 is 17.9 Å². The second kappa shape index (κ2) is 6.38. The molecule has 0 spiro atoms. The van der Waals surface area contributed by atoms with Crippen molar-refractivity contribution in [2.24, 2.45) is 11.3 Å². The van der Waals surface area contributed by atoms with Gasteiger partial charge in [0.05, 0.1) is 0 Å². The third kappa shape index (κ3) is 3.52. The van der Waals surface area contributed by atoms with Gasteiger partial charge in [-0.25, -0.2) is 4.79 Å². The fourth-order valence-corrected chi connectivity index (χ4v) is 3.28. The predicted molar refractivity (Wildman–Crippen MR) is 78.3 cm³/mol. The van der Waals surface area contributed by atoms with Gasteiger partial charge in [-0.15, -0.1) is 0 Å². The number of hydrogen-bond donors (Lipinski definition) is 2. The maximum atomic E-state index is 13.0. The van der Waals surface area contributed by atoms with Gasteiger partial charge in [0.1, 0.15) is 18.1 Å². The SMILES string of the molecule is O=C1NC(C(=O)NCC2CCN(C(=O)C3(C(F)(F)F)CC3)CC2)CO1. The van der Waals surface area contributed by atoms with Gasteiger partial charge in [-0.05, 0) is 31.6 Å². The number of piperidine rings is 1. The average molecular weight is 363 g/mol. The first-order valence-electron chi connectivity index (χ1n) is 8.30. The van der Waals surface area contributed by atoms with E-state index in [0.29, 0.717) is 19.4 Å². The Labute approximate surface area is 142 Å². The fourth-order valence-electron chi connectivity index (χ4n) is 3.28. The Bertz CT molecular complexity index is 569. The standard InChI is InChI=1S/C15H20F3N3O4/c16-15(17,18)14(3-4-14)12(23)21-5-1-9(2-6-21)7-19-11(22)10-8-25-13(24)20-10/h9-10H,1-8H2,(H,19,22)(H,20,24). The Kier molecular flexibility index (Phi) is 4.54. The Morgan fingerprint density at radius 3 is 2.40 bits per heavy atom. The third-order valence-corrected chi connectivity index (χ3v) is 5.16. The molecule has 1 saturated carbocycles. The van der Waals surface area contributed by atoms with E-state index in [0.717, 1.165) is 0 Å². The van der Waals surface area contributed by atoms with Crippen LogP contribution >= 0.6 is 0 Å². The number of carbonyl (C=O) groups excluding carboxylic acids is 3. The summed E-state index contributed by atoms with van der Waals surface area (Å²) in [5, 5.41) is 5.08. The summed E-state index contributed by atoms with van der Waals surface area (Å²) in [6.07, 6.45) is -4.30. The summed E-state index contributed by atoms with van der Waals surface area (Å²) in [5.41, 5.74) is -2.16. The highest BCUT2D eigenvalue weighted by molar-refractivity contribution is 5.88. The summed E-state index contributed by atoms with van der Waals surface area (Å²) in [6.45, 7) is 0.871. The summed E-state index contributed by atoms with van der Waals surface area (Å²) in [7, 11) is 0. The molecule has 140 valence electrons. The summed E-state index contributed by atoms with van der Waals surface area (Å²) in [4.78, 5) is 36.2. The summed E-state index contributed by atoms with van der Waals surface area (Å²) >= 11 is 0. The van der Waals surface area contributed by atoms with Gasteiger partial charge in [0, 0.05) is 19.6 Å². The van der Waals surface area contributed by atoms with Crippen molar-refractivity contribution in [1.82, 2.24) is 15.5 Å². The highest BCUT2D eigenvalue weighted by Gasteiger charge is 2.69. The topological polar surface area (TPSA) is 87.7 Å². The Morgan fingerprint density at radius 2 is 1.92 bits per heavy atom. The summed E-state index contributed by atoms with van der Waals surface area (Å²) < 4.78 is 43.7. The minimum absolute atomic E-state index is 0.0167. The molecule has 3 aliphatic rings. The van der Waals surface area contributed by atoms with Gasteiger partial charge in [0.25, 0.3) is 0 Å². The number of alkyl halides is 3. The van der Waals surface area contributed by atoms with Gasteiger partial charge in [-0.1, -0.05) is 0 Å². The van der Waals surface area contributed by atoms with Crippen LogP contribution in [0.2, 0.25) is 0 Å². The normalized spacial score (nSPS) is 26.0. The molecule has 1 unspecified atom stereocenters. The first-order valence-corrected chi connectivity index (χ1v) is 8.30. The van der Waals surface area contributed by atoms with E-state index < -0.39 is 29.6 Å². The third-order valence-electron chi connectivity index (χ3n) is 5.16. The predicted octanol–water partition coefficient (Wildman–Crippen LogP) is 0.792. The lowest BCUT2D eigenvalue weighted by molar-refractivity contribution is -0.199. The molecule has 2 heterocycles. The molecule has 2 saturated heterocycles. The molecule has 3 fully saturated rings. The van der Waals surface area contributed by atoms with Gasteiger partial charge < -0.3 is 20.3 Å². The van der Waals surface area contributed by atoms with E-state index in [1.54, 1.807) is 0 Å². The Morgan fingerprint density at radius 1 is 1.28 bits per heavy atom. The van der Waals surface area contributed by atoms with Crippen molar-refractivity contribution in [3.8, 4) is 0 Å². The van der Waals surface area contributed by atoms with E-state index in [4.69, 9.17) is 0 Å². The number of hydrogen-bond acceptors (Lipinski definition) is 4. The molecule has 0 aromatic rings. The quantitative estimate of drug-likeness (QED) is 0.773. The molecule has 0 bridgehead atoms. The Balaban J connectivity index is 1.42. The molecule has 3 amide bonds. The van der Waals surface area contributed by atoms with Gasteiger partial charge in [-0.3, -0.25) is 9.59 Å². The van der Waals surface area contributed by atoms with Crippen molar-refractivity contribution in [1.29, 1.82) is 0 Å². The lowest BCUT2D eigenvalue weighted by Crippen LogP contribution is -2.49. The number of rotatable bonds is 4. The van der Waals surface area contributed by atoms with Crippen LogP contribution in [0.5, 0.6) is 0 Å². The lowest BCUT2D eigenvalue weighted by atomic mass is 9.94. The molecule has 2 N–H and O–H groups in total. The van der Waals surface area contributed by atoms with Gasteiger partial charge in [-0.2, -0.15) is 13.2 Å². The molecule has 10 heteroatoms. The first-order chi connectivity index (χ1) is 11.7. The van der Waals surface area contributed by atoms with Gasteiger partial charge in [0.15, 0.2) is 0 Å². The van der Waals surface area contributed by atoms with Crippen molar-refractivity contribution in [2.75, 3.05) is 26.2 Å². The monoisotopic (exact) mass is 363 g/mol. The number of likely N-dealkylation sites (tertiary alicyclic amines) is 1. The highest BCUT2D eigenvalue weighted by Crippen LogP contribution is 2.58. The number of alkyl carbamates (subject to hydrolysis) is 1. The van der Waals surface area contributed by atoms with E-state index in [2.05, 4.69) is 15.4 Å². The number of halogens is 3. The lowest BCUT2D eigenvalue weighted by Gasteiger charge is -2.35. The molecule has 25 heavy (non-hydrogen) atoms. The molecule has 1 aliphatic carbocycles. The smallest absolute Gasteiger partial charge is 0.407 e. The van der Waals surface area contributed by atoms with Crippen molar-refractivity contribution < 1.29 is 32.3 Å². The first kappa shape index (κ1) is 17.8. The van der Waals surface area contributed by atoms with Crippen molar-refractivity contribution in [3.63, 3.8) is 0 Å². The molecular weight excluding hydrogens is 343 g/mol. The minimum Gasteiger partial charge on any atom is -0.447 e. The zero-order chi connectivity index (χ0) is 18.2. The molecule has 3 rings (SSSR count). The molecular formula is C15H20F3N3O4. The van der Waals surface area contributed by atoms with Crippen LogP contribution in [0.1, 0.15) is 25.7 Å². The van der Waals surface area contributed by atoms with Gasteiger partial charge in [0.2, 0.25) is 11.8 Å². The molecule has 2 aliphatic heterocycles. The highest BCUT2D eigenvalue weighted by atomic mass is 19.4. The van der Waals surface area contributed by atoms with Crippen LogP contribution in [-0.2, 0) is 14.3 Å². The Hall–Kier alpha value is -2.00. The zero-order valence-electron chi connectivity index (χ0n) is 13.5. The van der Waals surface area contributed by atoms with Crippen molar-refractivity contribution in [3.05, 3.63) is 0 Å². The largest absolute Gasteiger partial charge is 0.447 e. The van der Waals surface area contributed by atoms with Crippen LogP contribution in [0, 0.1) is 11.3 Å². The van der Waals surface area contributed by atoms with Crippen LogP contribution in [-0.4, -0.2) is 61.3 Å². The summed E-state index contributed by atoms with van der Waals surface area (Å²) in [6, 6.07) is -0.712. The number of cyclic esters (lactones) is 1. The maximum absolute atomic E-state index is 13.0. The second-order valence-electron chi connectivity index (χ2n) is 6.86. The molecule has 0 radical (unpaired) electrons. The average Bonchev–Trinajstić information content (AvgIpc) is 3.29. The van der Waals surface area contributed by atoms with Crippen LogP contribution in [0.25, 0.3) is 0 Å². The number of carbonyl (C=O) groups is 3. The van der Waals surface area contributed by atoms with E-state index in [1.165, 1.54) is 4.90 Å². The molecule has 0 aromatic carbocycles. The van der Waals surface area contributed by atoms with Crippen LogP contribution in [0.3, 0.4) is 0 Å². The number of nitrogens with zero attached hydrogens (tertiary/aromatic N) is 1. The van der Waals surface area contributed by atoms with E-state index in [1.807, 2.05) is 0 Å². The zero-order valence-corrected chi connectivity index (χ0v) is 13.5. The van der Waals surface area contributed by atoms with Crippen LogP contribution in [0.15, 0.2) is 0 Å². The molecule has 0 aromatic heterocycles. The maximum Gasteiger partial charge on any atom is 0.407 e. The second-order valence-corrected chi connectivity index (χ2v) is 6.86. The van der Waals surface area contributed by atoms with E-state index in [9.17, 15) is 27.6 Å². The number of amides is 3. The van der Waals surface area contributed by atoms with Crippen molar-refractivity contribution in [2.45, 2.75) is 37.9 Å². The molecule has 1 atom stereocenters. The van der Waals surface area contributed by atoms with E-state index in [-0.39, 0.29) is 44.4 Å². The number of nitrogens with one attached hydrogen (secondary N) is 2. The van der Waals surface area contributed by atoms with Crippen LogP contribution in [0.4, 0.5) is 18.0 Å². The number of ether oxygens (including phenoxy) is 1. The fraction of sp³-hybridized carbons (Fsp3) is 0.800. The van der Waals surface area contributed by atoms with Crippen LogP contribution < -0.4 is 10.6 Å². The van der Waals surface area contributed by atoms with Gasteiger partial charge >= 0.3 is 12.3 Å². The minimum atomic E-state index is -4.48. The summed E-state index contributed by atoms with van der Waals surface area (Å²) in [5.74, 6) is -1.07. The molecule has 7 nitrogen and oxygen atoms in total.